The van der Waals surface area contributed by atoms with E-state index >= 15 is 0 Å². The molecule has 0 radical (unpaired) electrons. The van der Waals surface area contributed by atoms with Gasteiger partial charge in [-0.3, -0.25) is 0 Å². The molecule has 0 aromatic heterocycles. The molecule has 0 saturated carbocycles. The Morgan fingerprint density at radius 1 is 1.26 bits per heavy atom. The van der Waals surface area contributed by atoms with Crippen LogP contribution in [-0.4, -0.2) is 11.1 Å². The second-order valence-corrected chi connectivity index (χ2v) is 4.71. The fourth-order valence-electron chi connectivity index (χ4n) is 1.85. The maximum atomic E-state index is 11.1. The molecular weight excluding hydrogens is 262 g/mol. The minimum Gasteiger partial charge on any atom is -0.478 e. The van der Waals surface area contributed by atoms with Gasteiger partial charge in [0.05, 0.1) is 11.3 Å². The monoisotopic (exact) mass is 275 g/mol. The Balaban J connectivity index is 2.22. The molecule has 0 bridgehead atoms. The molecule has 2 rings (SSSR count). The molecule has 0 aliphatic carbocycles. The predicted molar refractivity (Wildman–Crippen MR) is 76.9 cm³/mol. The van der Waals surface area contributed by atoms with E-state index in [4.69, 9.17) is 16.7 Å². The van der Waals surface area contributed by atoms with Crippen LogP contribution in [0.15, 0.2) is 42.5 Å². The number of rotatable bonds is 4. The number of aromatic carboxylic acids is 1. The summed E-state index contributed by atoms with van der Waals surface area (Å²) in [5.74, 6) is -0.969. The molecule has 2 aromatic carbocycles. The molecule has 0 spiro atoms. The molecule has 0 atom stereocenters. The molecule has 0 aliphatic heterocycles. The van der Waals surface area contributed by atoms with Crippen LogP contribution in [-0.2, 0) is 6.54 Å². The lowest BCUT2D eigenvalue weighted by molar-refractivity contribution is 0.0698. The molecule has 0 aliphatic rings. The van der Waals surface area contributed by atoms with Gasteiger partial charge in [0, 0.05) is 11.6 Å². The molecular formula is C15H14ClNO2. The number of hydrogen-bond acceptors (Lipinski definition) is 2. The summed E-state index contributed by atoms with van der Waals surface area (Å²) in [6.07, 6.45) is 0. The van der Waals surface area contributed by atoms with Crippen LogP contribution in [0, 0.1) is 6.92 Å². The number of anilines is 1. The van der Waals surface area contributed by atoms with E-state index in [2.05, 4.69) is 5.32 Å². The van der Waals surface area contributed by atoms with Crippen molar-refractivity contribution in [2.75, 3.05) is 5.32 Å². The zero-order valence-corrected chi connectivity index (χ0v) is 11.2. The quantitative estimate of drug-likeness (QED) is 0.888. The summed E-state index contributed by atoms with van der Waals surface area (Å²) in [5, 5.41) is 12.8. The second-order valence-electron chi connectivity index (χ2n) is 4.28. The minimum absolute atomic E-state index is 0.220. The van der Waals surface area contributed by atoms with Gasteiger partial charge in [0.2, 0.25) is 0 Å². The van der Waals surface area contributed by atoms with Crippen LogP contribution in [0.25, 0.3) is 0 Å². The molecule has 4 heteroatoms. The van der Waals surface area contributed by atoms with Gasteiger partial charge in [-0.1, -0.05) is 35.9 Å². The van der Waals surface area contributed by atoms with Gasteiger partial charge in [0.25, 0.3) is 0 Å². The Morgan fingerprint density at radius 2 is 2.00 bits per heavy atom. The van der Waals surface area contributed by atoms with Crippen molar-refractivity contribution in [1.29, 1.82) is 0 Å². The van der Waals surface area contributed by atoms with Crippen LogP contribution in [0.3, 0.4) is 0 Å². The summed E-state index contributed by atoms with van der Waals surface area (Å²) in [4.78, 5) is 11.1. The zero-order valence-electron chi connectivity index (χ0n) is 10.5. The van der Waals surface area contributed by atoms with Gasteiger partial charge in [-0.2, -0.15) is 0 Å². The third kappa shape index (κ3) is 3.26. The van der Waals surface area contributed by atoms with Crippen molar-refractivity contribution in [3.05, 3.63) is 64.2 Å². The van der Waals surface area contributed by atoms with Crippen LogP contribution in [0.1, 0.15) is 21.5 Å². The highest BCUT2D eigenvalue weighted by molar-refractivity contribution is 6.31. The third-order valence-corrected chi connectivity index (χ3v) is 3.18. The molecule has 3 nitrogen and oxygen atoms in total. The first-order valence-corrected chi connectivity index (χ1v) is 6.27. The highest BCUT2D eigenvalue weighted by Gasteiger charge is 2.10. The molecule has 2 aromatic rings. The predicted octanol–water partition coefficient (Wildman–Crippen LogP) is 3.96. The number of carboxylic acid groups (broad SMARTS) is 1. The van der Waals surface area contributed by atoms with Crippen LogP contribution in [0.5, 0.6) is 0 Å². The Hall–Kier alpha value is -2.00. The van der Waals surface area contributed by atoms with E-state index in [1.807, 2.05) is 31.2 Å². The first-order chi connectivity index (χ1) is 9.08. The fraction of sp³-hybridized carbons (Fsp3) is 0.133. The van der Waals surface area contributed by atoms with Crippen LogP contribution in [0.4, 0.5) is 5.69 Å². The second kappa shape index (κ2) is 5.76. The molecule has 0 amide bonds. The zero-order chi connectivity index (χ0) is 13.8. The number of carboxylic acids is 1. The van der Waals surface area contributed by atoms with Gasteiger partial charge in [-0.25, -0.2) is 4.79 Å². The van der Waals surface area contributed by atoms with Gasteiger partial charge in [0.15, 0.2) is 0 Å². The molecule has 0 fully saturated rings. The topological polar surface area (TPSA) is 49.3 Å². The van der Waals surface area contributed by atoms with Gasteiger partial charge >= 0.3 is 5.97 Å². The summed E-state index contributed by atoms with van der Waals surface area (Å²) in [7, 11) is 0. The first-order valence-electron chi connectivity index (χ1n) is 5.89. The van der Waals surface area contributed by atoms with Gasteiger partial charge in [-0.05, 0) is 36.2 Å². The number of hydrogen-bond donors (Lipinski definition) is 2. The number of nitrogens with one attached hydrogen (secondary N) is 1. The maximum Gasteiger partial charge on any atom is 0.337 e. The highest BCUT2D eigenvalue weighted by atomic mass is 35.5. The van der Waals surface area contributed by atoms with Crippen molar-refractivity contribution in [2.24, 2.45) is 0 Å². The van der Waals surface area contributed by atoms with Gasteiger partial charge in [0.1, 0.15) is 0 Å². The summed E-state index contributed by atoms with van der Waals surface area (Å²) in [5.41, 5.74) is 3.04. The summed E-state index contributed by atoms with van der Waals surface area (Å²) >= 11 is 5.90. The molecule has 98 valence electrons. The summed E-state index contributed by atoms with van der Waals surface area (Å²) < 4.78 is 0. The Bertz CT molecular complexity index is 611. The van der Waals surface area contributed by atoms with Crippen LogP contribution in [0.2, 0.25) is 5.02 Å². The van der Waals surface area contributed by atoms with Crippen molar-refractivity contribution in [3.63, 3.8) is 0 Å². The maximum absolute atomic E-state index is 11.1. The molecule has 0 unspecified atom stereocenters. The largest absolute Gasteiger partial charge is 0.478 e. The van der Waals surface area contributed by atoms with Crippen LogP contribution >= 0.6 is 11.6 Å². The van der Waals surface area contributed by atoms with E-state index < -0.39 is 5.97 Å². The lowest BCUT2D eigenvalue weighted by atomic mass is 10.1. The van der Waals surface area contributed by atoms with E-state index in [0.29, 0.717) is 17.3 Å². The Morgan fingerprint density at radius 3 is 2.68 bits per heavy atom. The lowest BCUT2D eigenvalue weighted by Crippen LogP contribution is -2.07. The normalized spacial score (nSPS) is 10.2. The highest BCUT2D eigenvalue weighted by Crippen LogP contribution is 2.22. The lowest BCUT2D eigenvalue weighted by Gasteiger charge is -2.11. The average Bonchev–Trinajstić information content (AvgIpc) is 2.37. The van der Waals surface area contributed by atoms with Crippen molar-refractivity contribution in [1.82, 2.24) is 0 Å². The van der Waals surface area contributed by atoms with E-state index in [1.165, 1.54) is 6.07 Å². The Labute approximate surface area is 116 Å². The number of carbonyl (C=O) groups is 1. The van der Waals surface area contributed by atoms with E-state index in [1.54, 1.807) is 12.1 Å². The van der Waals surface area contributed by atoms with Gasteiger partial charge in [-0.15, -0.1) is 0 Å². The van der Waals surface area contributed by atoms with Crippen LogP contribution < -0.4 is 5.32 Å². The number of halogens is 1. The van der Waals surface area contributed by atoms with Crippen molar-refractivity contribution in [2.45, 2.75) is 13.5 Å². The van der Waals surface area contributed by atoms with E-state index in [9.17, 15) is 4.79 Å². The average molecular weight is 276 g/mol. The SMILES string of the molecule is Cc1ccccc1CNc1cc(Cl)ccc1C(=O)O. The first kappa shape index (κ1) is 13.4. The fourth-order valence-corrected chi connectivity index (χ4v) is 2.02. The van der Waals surface area contributed by atoms with Crippen molar-refractivity contribution < 1.29 is 9.90 Å². The molecule has 19 heavy (non-hydrogen) atoms. The third-order valence-electron chi connectivity index (χ3n) is 2.94. The van der Waals surface area contributed by atoms with E-state index in [0.717, 1.165) is 11.1 Å². The Kier molecular flexibility index (Phi) is 4.07. The molecule has 2 N–H and O–H groups in total. The summed E-state index contributed by atoms with van der Waals surface area (Å²) in [6, 6.07) is 12.7. The van der Waals surface area contributed by atoms with E-state index in [-0.39, 0.29) is 5.56 Å². The minimum atomic E-state index is -0.969. The number of aryl methyl sites for hydroxylation is 1. The van der Waals surface area contributed by atoms with Crippen molar-refractivity contribution >= 4 is 23.3 Å². The van der Waals surface area contributed by atoms with Crippen molar-refractivity contribution in [3.8, 4) is 0 Å². The number of benzene rings is 2. The summed E-state index contributed by atoms with van der Waals surface area (Å²) in [6.45, 7) is 2.58. The molecule has 0 saturated heterocycles. The molecule has 0 heterocycles. The standard InChI is InChI=1S/C15H14ClNO2/c1-10-4-2-3-5-11(10)9-17-14-8-12(16)6-7-13(14)15(18)19/h2-8,17H,9H2,1H3,(H,18,19). The smallest absolute Gasteiger partial charge is 0.337 e. The van der Waals surface area contributed by atoms with Gasteiger partial charge < -0.3 is 10.4 Å².